The van der Waals surface area contributed by atoms with E-state index in [0.717, 1.165) is 5.56 Å². The van der Waals surface area contributed by atoms with Gasteiger partial charge in [0.15, 0.2) is 11.5 Å². The Morgan fingerprint density at radius 1 is 0.897 bits per heavy atom. The molecule has 0 aromatic heterocycles. The number of methoxy groups -OCH3 is 3. The minimum Gasteiger partial charge on any atom is -0.497 e. The predicted octanol–water partition coefficient (Wildman–Crippen LogP) is 2.78. The molecule has 1 unspecified atom stereocenters. The first-order chi connectivity index (χ1) is 13.9. The van der Waals surface area contributed by atoms with E-state index in [4.69, 9.17) is 14.2 Å². The Kier molecular flexibility index (Phi) is 7.88. The van der Waals surface area contributed by atoms with Crippen molar-refractivity contribution in [2.75, 3.05) is 21.3 Å². The summed E-state index contributed by atoms with van der Waals surface area (Å²) in [5, 5.41) is 5.68. The Labute approximate surface area is 171 Å². The molecule has 0 aliphatic rings. The summed E-state index contributed by atoms with van der Waals surface area (Å²) in [6.45, 7) is 4.07. The van der Waals surface area contributed by atoms with Crippen molar-refractivity contribution in [2.45, 2.75) is 26.4 Å². The molecule has 2 rings (SSSR count). The van der Waals surface area contributed by atoms with Gasteiger partial charge >= 0.3 is 0 Å². The van der Waals surface area contributed by atoms with Crippen molar-refractivity contribution in [1.82, 2.24) is 10.6 Å². The van der Waals surface area contributed by atoms with Gasteiger partial charge in [-0.25, -0.2) is 0 Å². The van der Waals surface area contributed by atoms with E-state index in [0.29, 0.717) is 29.4 Å². The Balaban J connectivity index is 2.02. The summed E-state index contributed by atoms with van der Waals surface area (Å²) in [5.41, 5.74) is 1.32. The third kappa shape index (κ3) is 5.88. The van der Waals surface area contributed by atoms with Crippen molar-refractivity contribution >= 4 is 11.8 Å². The van der Waals surface area contributed by atoms with Crippen molar-refractivity contribution in [2.24, 2.45) is 5.92 Å². The lowest BCUT2D eigenvalue weighted by atomic mass is 10.0. The number of carbonyl (C=O) groups excluding carboxylic acids is 2. The molecule has 7 nitrogen and oxygen atoms in total. The van der Waals surface area contributed by atoms with Crippen molar-refractivity contribution in [1.29, 1.82) is 0 Å². The summed E-state index contributed by atoms with van der Waals surface area (Å²) in [5.74, 6) is 1.23. The molecule has 0 fully saturated rings. The van der Waals surface area contributed by atoms with Crippen LogP contribution in [0.3, 0.4) is 0 Å². The molecule has 2 N–H and O–H groups in total. The molecule has 29 heavy (non-hydrogen) atoms. The van der Waals surface area contributed by atoms with E-state index in [2.05, 4.69) is 10.6 Å². The first-order valence-corrected chi connectivity index (χ1v) is 9.33. The van der Waals surface area contributed by atoms with Gasteiger partial charge in [-0.2, -0.15) is 0 Å². The minimum absolute atomic E-state index is 0.0809. The molecule has 0 saturated carbocycles. The maximum Gasteiger partial charge on any atom is 0.251 e. The molecular formula is C22H28N2O5. The van der Waals surface area contributed by atoms with Crippen LogP contribution in [0, 0.1) is 5.92 Å². The number of ether oxygens (including phenoxy) is 3. The molecule has 1 atom stereocenters. The molecule has 7 heteroatoms. The molecular weight excluding hydrogens is 372 g/mol. The number of benzene rings is 2. The van der Waals surface area contributed by atoms with E-state index < -0.39 is 6.04 Å². The lowest BCUT2D eigenvalue weighted by molar-refractivity contribution is -0.124. The van der Waals surface area contributed by atoms with Crippen molar-refractivity contribution in [3.8, 4) is 17.2 Å². The van der Waals surface area contributed by atoms with Gasteiger partial charge in [-0.15, -0.1) is 0 Å². The molecule has 2 amide bonds. The third-order valence-electron chi connectivity index (χ3n) is 4.50. The summed E-state index contributed by atoms with van der Waals surface area (Å²) >= 11 is 0. The molecule has 0 saturated heterocycles. The van der Waals surface area contributed by atoms with E-state index in [-0.39, 0.29) is 17.7 Å². The summed E-state index contributed by atoms with van der Waals surface area (Å²) in [6.07, 6.45) is 0. The monoisotopic (exact) mass is 400 g/mol. The van der Waals surface area contributed by atoms with Crippen LogP contribution in [0.5, 0.6) is 17.2 Å². The quantitative estimate of drug-likeness (QED) is 0.676. The van der Waals surface area contributed by atoms with Gasteiger partial charge in [-0.1, -0.05) is 19.9 Å². The Morgan fingerprint density at radius 3 is 2.10 bits per heavy atom. The zero-order valence-corrected chi connectivity index (χ0v) is 17.4. The second kappa shape index (κ2) is 10.4. The Hall–Kier alpha value is -3.22. The van der Waals surface area contributed by atoms with E-state index in [1.165, 1.54) is 0 Å². The second-order valence-electron chi connectivity index (χ2n) is 6.83. The molecule has 156 valence electrons. The zero-order chi connectivity index (χ0) is 21.4. The fourth-order valence-corrected chi connectivity index (χ4v) is 2.79. The minimum atomic E-state index is -0.662. The highest BCUT2D eigenvalue weighted by molar-refractivity contribution is 5.97. The van der Waals surface area contributed by atoms with E-state index in [9.17, 15) is 9.59 Å². The maximum absolute atomic E-state index is 12.7. The molecule has 2 aromatic carbocycles. The van der Waals surface area contributed by atoms with Crippen LogP contribution in [0.15, 0.2) is 42.5 Å². The predicted molar refractivity (Wildman–Crippen MR) is 110 cm³/mol. The first kappa shape index (κ1) is 22.1. The van der Waals surface area contributed by atoms with Crippen LogP contribution in [0.1, 0.15) is 29.8 Å². The largest absolute Gasteiger partial charge is 0.497 e. The van der Waals surface area contributed by atoms with E-state index >= 15 is 0 Å². The SMILES string of the molecule is COc1ccc(C(=O)NC(C(=O)NCc2ccc(OC)c(OC)c2)C(C)C)cc1. The molecule has 2 aromatic rings. The van der Waals surface area contributed by atoms with Crippen LogP contribution in [-0.4, -0.2) is 39.2 Å². The molecule has 0 radical (unpaired) electrons. The maximum atomic E-state index is 12.7. The van der Waals surface area contributed by atoms with Gasteiger partial charge in [-0.3, -0.25) is 9.59 Å². The topological polar surface area (TPSA) is 85.9 Å². The molecule has 0 spiro atoms. The number of nitrogens with one attached hydrogen (secondary N) is 2. The standard InChI is InChI=1S/C22H28N2O5/c1-14(2)20(24-21(25)16-7-9-17(27-3)10-8-16)22(26)23-13-15-6-11-18(28-4)19(12-15)29-5/h6-12,14,20H,13H2,1-5H3,(H,23,26)(H,24,25). The lowest BCUT2D eigenvalue weighted by Crippen LogP contribution is -2.49. The summed E-state index contributed by atoms with van der Waals surface area (Å²) in [6, 6.07) is 11.5. The molecule has 0 aliphatic heterocycles. The van der Waals surface area contributed by atoms with E-state index in [1.807, 2.05) is 19.9 Å². The second-order valence-corrected chi connectivity index (χ2v) is 6.83. The molecule has 0 aliphatic carbocycles. The molecule has 0 bridgehead atoms. The van der Waals surface area contributed by atoms with Crippen LogP contribution in [0.2, 0.25) is 0 Å². The smallest absolute Gasteiger partial charge is 0.251 e. The third-order valence-corrected chi connectivity index (χ3v) is 4.50. The van der Waals surface area contributed by atoms with Gasteiger partial charge in [0.2, 0.25) is 5.91 Å². The fourth-order valence-electron chi connectivity index (χ4n) is 2.79. The Morgan fingerprint density at radius 2 is 1.55 bits per heavy atom. The summed E-state index contributed by atoms with van der Waals surface area (Å²) in [7, 11) is 4.69. The fraction of sp³-hybridized carbons (Fsp3) is 0.364. The highest BCUT2D eigenvalue weighted by Crippen LogP contribution is 2.27. The van der Waals surface area contributed by atoms with Gasteiger partial charge in [0.25, 0.3) is 5.91 Å². The molecule has 0 heterocycles. The van der Waals surface area contributed by atoms with Crippen LogP contribution in [0.25, 0.3) is 0 Å². The van der Waals surface area contributed by atoms with Crippen LogP contribution in [-0.2, 0) is 11.3 Å². The van der Waals surface area contributed by atoms with Crippen molar-refractivity contribution in [3.05, 3.63) is 53.6 Å². The van der Waals surface area contributed by atoms with Crippen molar-refractivity contribution in [3.63, 3.8) is 0 Å². The van der Waals surface area contributed by atoms with Crippen LogP contribution >= 0.6 is 0 Å². The number of carbonyl (C=O) groups is 2. The number of rotatable bonds is 9. The van der Waals surface area contributed by atoms with Crippen LogP contribution < -0.4 is 24.8 Å². The number of hydrogen-bond acceptors (Lipinski definition) is 5. The normalized spacial score (nSPS) is 11.5. The summed E-state index contributed by atoms with van der Waals surface area (Å²) < 4.78 is 15.6. The summed E-state index contributed by atoms with van der Waals surface area (Å²) in [4.78, 5) is 25.2. The Bertz CT molecular complexity index is 834. The first-order valence-electron chi connectivity index (χ1n) is 9.33. The van der Waals surface area contributed by atoms with Gasteiger partial charge < -0.3 is 24.8 Å². The average molecular weight is 400 g/mol. The van der Waals surface area contributed by atoms with Gasteiger partial charge in [-0.05, 0) is 47.9 Å². The number of amides is 2. The van der Waals surface area contributed by atoms with Crippen molar-refractivity contribution < 1.29 is 23.8 Å². The van der Waals surface area contributed by atoms with Gasteiger partial charge in [0.05, 0.1) is 21.3 Å². The zero-order valence-electron chi connectivity index (χ0n) is 17.4. The van der Waals surface area contributed by atoms with Gasteiger partial charge in [0, 0.05) is 12.1 Å². The highest BCUT2D eigenvalue weighted by atomic mass is 16.5. The van der Waals surface area contributed by atoms with Gasteiger partial charge in [0.1, 0.15) is 11.8 Å². The lowest BCUT2D eigenvalue weighted by Gasteiger charge is -2.22. The van der Waals surface area contributed by atoms with Crippen LogP contribution in [0.4, 0.5) is 0 Å². The number of hydrogen-bond donors (Lipinski definition) is 2. The average Bonchev–Trinajstić information content (AvgIpc) is 2.75. The van der Waals surface area contributed by atoms with E-state index in [1.54, 1.807) is 57.7 Å². The highest BCUT2D eigenvalue weighted by Gasteiger charge is 2.24.